The lowest BCUT2D eigenvalue weighted by atomic mass is 9.99. The lowest BCUT2D eigenvalue weighted by Crippen LogP contribution is -2.14. The van der Waals surface area contributed by atoms with Crippen LogP contribution < -0.4 is 0 Å². The van der Waals surface area contributed by atoms with Crippen molar-refractivity contribution in [1.29, 1.82) is 0 Å². The Balaban J connectivity index is 2.22. The molecule has 0 amide bonds. The van der Waals surface area contributed by atoms with Gasteiger partial charge in [0.05, 0.1) is 5.56 Å². The van der Waals surface area contributed by atoms with Crippen LogP contribution in [0.15, 0.2) is 35.7 Å². The Morgan fingerprint density at radius 1 is 1.20 bits per heavy atom. The fourth-order valence-corrected chi connectivity index (χ4v) is 2.53. The van der Waals surface area contributed by atoms with Crippen LogP contribution in [0.3, 0.4) is 0 Å². The van der Waals surface area contributed by atoms with E-state index in [0.717, 1.165) is 4.88 Å². The minimum Gasteiger partial charge on any atom is -0.294 e. The molecule has 2 rings (SSSR count). The minimum absolute atomic E-state index is 0.0763. The lowest BCUT2D eigenvalue weighted by molar-refractivity contribution is -0.137. The van der Waals surface area contributed by atoms with Gasteiger partial charge in [-0.1, -0.05) is 6.07 Å². The molecule has 0 N–H and O–H groups in total. The third kappa shape index (κ3) is 3.45. The summed E-state index contributed by atoms with van der Waals surface area (Å²) in [5.41, 5.74) is -1.69. The summed E-state index contributed by atoms with van der Waals surface area (Å²) in [6, 6.07) is 5.56. The molecule has 106 valence electrons. The van der Waals surface area contributed by atoms with Gasteiger partial charge in [-0.2, -0.15) is 13.2 Å². The number of alkyl halides is 3. The molecule has 0 spiro atoms. The van der Waals surface area contributed by atoms with Crippen molar-refractivity contribution in [3.8, 4) is 0 Å². The summed E-state index contributed by atoms with van der Waals surface area (Å²) in [4.78, 5) is 12.8. The van der Waals surface area contributed by atoms with Gasteiger partial charge in [-0.05, 0) is 36.1 Å². The molecule has 0 aliphatic heterocycles. The number of Topliss-reactive ketones (excluding diaryl/α,β-unsaturated/α-hetero) is 1. The Bertz CT molecular complexity index is 602. The van der Waals surface area contributed by atoms with Gasteiger partial charge >= 0.3 is 6.18 Å². The minimum atomic E-state index is -4.67. The van der Waals surface area contributed by atoms with Crippen LogP contribution in [0.4, 0.5) is 17.6 Å². The standard InChI is InChI=1S/C14H10F4OS/c15-9-3-5-12(14(16,17)18)11(8-9)13(19)6-4-10-2-1-7-20-10/h1-3,5,7-8H,4,6H2. The Hall–Kier alpha value is -1.69. The highest BCUT2D eigenvalue weighted by Crippen LogP contribution is 2.33. The van der Waals surface area contributed by atoms with Gasteiger partial charge in [0.1, 0.15) is 5.82 Å². The van der Waals surface area contributed by atoms with Crippen molar-refractivity contribution in [2.24, 2.45) is 0 Å². The lowest BCUT2D eigenvalue weighted by Gasteiger charge is -2.11. The van der Waals surface area contributed by atoms with Crippen LogP contribution in [0.1, 0.15) is 27.2 Å². The smallest absolute Gasteiger partial charge is 0.294 e. The molecule has 0 unspecified atom stereocenters. The Morgan fingerprint density at radius 2 is 1.95 bits per heavy atom. The summed E-state index contributed by atoms with van der Waals surface area (Å²) in [6.07, 6.45) is -4.39. The molecule has 0 aliphatic rings. The molecule has 1 nitrogen and oxygen atoms in total. The van der Waals surface area contributed by atoms with Gasteiger partial charge < -0.3 is 0 Å². The quantitative estimate of drug-likeness (QED) is 0.590. The maximum Gasteiger partial charge on any atom is 0.417 e. The van der Waals surface area contributed by atoms with Crippen molar-refractivity contribution < 1.29 is 22.4 Å². The number of benzene rings is 1. The molecule has 0 fully saturated rings. The molecule has 0 aliphatic carbocycles. The van der Waals surface area contributed by atoms with E-state index >= 15 is 0 Å². The van der Waals surface area contributed by atoms with Crippen LogP contribution in [0.25, 0.3) is 0 Å². The topological polar surface area (TPSA) is 17.1 Å². The van der Waals surface area contributed by atoms with Crippen molar-refractivity contribution in [2.75, 3.05) is 0 Å². The first-order valence-electron chi connectivity index (χ1n) is 5.80. The van der Waals surface area contributed by atoms with Crippen molar-refractivity contribution in [3.63, 3.8) is 0 Å². The molecule has 20 heavy (non-hydrogen) atoms. The van der Waals surface area contributed by atoms with E-state index in [0.29, 0.717) is 24.6 Å². The Labute approximate surface area is 116 Å². The average Bonchev–Trinajstić information content (AvgIpc) is 2.87. The van der Waals surface area contributed by atoms with Gasteiger partial charge in [-0.25, -0.2) is 4.39 Å². The maximum atomic E-state index is 13.1. The summed E-state index contributed by atoms with van der Waals surface area (Å²) in [5, 5.41) is 1.82. The third-order valence-electron chi connectivity index (χ3n) is 2.77. The number of hydrogen-bond donors (Lipinski definition) is 0. The molecule has 1 heterocycles. The van der Waals surface area contributed by atoms with Crippen LogP contribution in [0.2, 0.25) is 0 Å². The predicted octanol–water partition coefficient (Wildman–Crippen LogP) is 4.72. The molecule has 6 heteroatoms. The highest BCUT2D eigenvalue weighted by Gasteiger charge is 2.35. The van der Waals surface area contributed by atoms with Gasteiger partial charge in [-0.15, -0.1) is 11.3 Å². The van der Waals surface area contributed by atoms with E-state index < -0.39 is 28.9 Å². The second kappa shape index (κ2) is 5.75. The van der Waals surface area contributed by atoms with Gasteiger partial charge in [0.25, 0.3) is 0 Å². The molecule has 0 saturated heterocycles. The first kappa shape index (κ1) is 14.7. The summed E-state index contributed by atoms with van der Waals surface area (Å²) < 4.78 is 51.4. The predicted molar refractivity (Wildman–Crippen MR) is 68.4 cm³/mol. The van der Waals surface area contributed by atoms with Crippen LogP contribution in [-0.4, -0.2) is 5.78 Å². The number of rotatable bonds is 4. The van der Waals surface area contributed by atoms with Crippen LogP contribution in [-0.2, 0) is 12.6 Å². The first-order chi connectivity index (χ1) is 9.38. The van der Waals surface area contributed by atoms with E-state index in [1.165, 1.54) is 11.3 Å². The van der Waals surface area contributed by atoms with E-state index in [4.69, 9.17) is 0 Å². The molecule has 0 saturated carbocycles. The number of thiophene rings is 1. The summed E-state index contributed by atoms with van der Waals surface area (Å²) in [6.45, 7) is 0. The van der Waals surface area contributed by atoms with Gasteiger partial charge in [0, 0.05) is 16.9 Å². The zero-order chi connectivity index (χ0) is 14.8. The van der Waals surface area contributed by atoms with E-state index in [2.05, 4.69) is 0 Å². The molecule has 2 aromatic rings. The van der Waals surface area contributed by atoms with Gasteiger partial charge in [-0.3, -0.25) is 4.79 Å². The normalized spacial score (nSPS) is 11.6. The van der Waals surface area contributed by atoms with E-state index in [-0.39, 0.29) is 6.42 Å². The van der Waals surface area contributed by atoms with Gasteiger partial charge in [0.2, 0.25) is 0 Å². The van der Waals surface area contributed by atoms with E-state index in [1.807, 2.05) is 5.38 Å². The number of ketones is 1. The van der Waals surface area contributed by atoms with E-state index in [9.17, 15) is 22.4 Å². The van der Waals surface area contributed by atoms with Gasteiger partial charge in [0.15, 0.2) is 5.78 Å². The SMILES string of the molecule is O=C(CCc1cccs1)c1cc(F)ccc1C(F)(F)F. The highest BCUT2D eigenvalue weighted by atomic mass is 32.1. The summed E-state index contributed by atoms with van der Waals surface area (Å²) in [5.74, 6) is -1.55. The van der Waals surface area contributed by atoms with Crippen molar-refractivity contribution in [1.82, 2.24) is 0 Å². The Morgan fingerprint density at radius 3 is 2.55 bits per heavy atom. The van der Waals surface area contributed by atoms with Crippen LogP contribution in [0, 0.1) is 5.82 Å². The maximum absolute atomic E-state index is 13.1. The number of aryl methyl sites for hydroxylation is 1. The second-order valence-electron chi connectivity index (χ2n) is 4.19. The second-order valence-corrected chi connectivity index (χ2v) is 5.22. The summed E-state index contributed by atoms with van der Waals surface area (Å²) in [7, 11) is 0. The fraction of sp³-hybridized carbons (Fsp3) is 0.214. The Kier molecular flexibility index (Phi) is 4.23. The van der Waals surface area contributed by atoms with Crippen LogP contribution >= 0.6 is 11.3 Å². The third-order valence-corrected chi connectivity index (χ3v) is 3.70. The number of carbonyl (C=O) groups excluding carboxylic acids is 1. The monoisotopic (exact) mass is 302 g/mol. The first-order valence-corrected chi connectivity index (χ1v) is 6.68. The zero-order valence-electron chi connectivity index (χ0n) is 10.2. The fourth-order valence-electron chi connectivity index (χ4n) is 1.82. The zero-order valence-corrected chi connectivity index (χ0v) is 11.0. The molecule has 0 bridgehead atoms. The molecular weight excluding hydrogens is 292 g/mol. The highest BCUT2D eigenvalue weighted by molar-refractivity contribution is 7.09. The number of halogens is 4. The van der Waals surface area contributed by atoms with Crippen molar-refractivity contribution >= 4 is 17.1 Å². The summed E-state index contributed by atoms with van der Waals surface area (Å²) >= 11 is 1.42. The molecule has 0 radical (unpaired) electrons. The van der Waals surface area contributed by atoms with Crippen molar-refractivity contribution in [3.05, 3.63) is 57.5 Å². The molecule has 1 aromatic carbocycles. The number of carbonyl (C=O) groups is 1. The average molecular weight is 302 g/mol. The van der Waals surface area contributed by atoms with E-state index in [1.54, 1.807) is 12.1 Å². The molecular formula is C14H10F4OS. The number of hydrogen-bond acceptors (Lipinski definition) is 2. The van der Waals surface area contributed by atoms with Crippen LogP contribution in [0.5, 0.6) is 0 Å². The van der Waals surface area contributed by atoms with Crippen molar-refractivity contribution in [2.45, 2.75) is 19.0 Å². The molecule has 1 aromatic heterocycles. The largest absolute Gasteiger partial charge is 0.417 e. The molecule has 0 atom stereocenters.